The predicted molar refractivity (Wildman–Crippen MR) is 162 cm³/mol. The first-order chi connectivity index (χ1) is 19.0. The van der Waals surface area contributed by atoms with Crippen LogP contribution in [0.1, 0.15) is 34.9 Å². The van der Waals surface area contributed by atoms with E-state index in [2.05, 4.69) is 5.32 Å². The van der Waals surface area contributed by atoms with Crippen LogP contribution in [-0.4, -0.2) is 35.0 Å². The van der Waals surface area contributed by atoms with Gasteiger partial charge in [-0.25, -0.2) is 4.79 Å². The van der Waals surface area contributed by atoms with E-state index in [1.807, 2.05) is 116 Å². The second-order valence-corrected chi connectivity index (χ2v) is 10.0. The molecule has 0 bridgehead atoms. The van der Waals surface area contributed by atoms with Crippen LogP contribution < -0.4 is 28.9 Å². The summed E-state index contributed by atoms with van der Waals surface area (Å²) in [6.45, 7) is 2.00. The van der Waals surface area contributed by atoms with Gasteiger partial charge in [-0.2, -0.15) is 11.8 Å². The van der Waals surface area contributed by atoms with E-state index >= 15 is 0 Å². The van der Waals surface area contributed by atoms with Crippen molar-refractivity contribution in [1.82, 2.24) is 5.32 Å². The van der Waals surface area contributed by atoms with Crippen LogP contribution in [0.4, 0.5) is 0 Å². The first-order valence-electron chi connectivity index (χ1n) is 12.7. The molecule has 4 rings (SSSR count). The molecule has 1 amide bonds. The second kappa shape index (κ2) is 15.2. The first kappa shape index (κ1) is 30.8. The Morgan fingerprint density at radius 1 is 0.925 bits per heavy atom. The molecule has 7 heteroatoms. The number of carbonyl (C=O) groups is 2. The standard InChI is InChI=1S/C33H31NO4S.Li.H/c1-23-10-6-8-14-27(23)29-22-24(17-19-28(29)32(35)34-30(33(36)37)20-21-39-2)16-18-25-11-7-9-15-31(25)38-26-12-4-3-5-13-26;;/h3-19,22,30H,20-21H2,1-2H3,(H,34,35)(H,36,37);;/q;+1;-1/t30-;;/m0../s1. The van der Waals surface area contributed by atoms with Crippen LogP contribution in [0.5, 0.6) is 11.5 Å². The summed E-state index contributed by atoms with van der Waals surface area (Å²) in [5.41, 5.74) is 4.93. The number of hydrogen-bond acceptors (Lipinski definition) is 4. The average molecular weight is 546 g/mol. The third-order valence-electron chi connectivity index (χ3n) is 6.28. The molecule has 0 unspecified atom stereocenters. The molecule has 0 aliphatic heterocycles. The molecule has 0 heterocycles. The Morgan fingerprint density at radius 3 is 2.35 bits per heavy atom. The molecule has 0 fully saturated rings. The van der Waals surface area contributed by atoms with Crippen molar-refractivity contribution in [2.45, 2.75) is 19.4 Å². The van der Waals surface area contributed by atoms with Gasteiger partial charge >= 0.3 is 24.8 Å². The largest absolute Gasteiger partial charge is 1.00 e. The zero-order chi connectivity index (χ0) is 27.6. The van der Waals surface area contributed by atoms with Crippen LogP contribution in [0.3, 0.4) is 0 Å². The van der Waals surface area contributed by atoms with E-state index in [0.29, 0.717) is 17.7 Å². The maximum Gasteiger partial charge on any atom is 1.00 e. The van der Waals surface area contributed by atoms with Gasteiger partial charge in [-0.15, -0.1) is 0 Å². The summed E-state index contributed by atoms with van der Waals surface area (Å²) in [6.07, 6.45) is 6.23. The molecule has 0 saturated carbocycles. The third kappa shape index (κ3) is 8.16. The molecule has 2 N–H and O–H groups in total. The SMILES string of the molecule is CSCC[C@H](NC(=O)c1ccc(C=Cc2ccccc2Oc2ccccc2)cc1-c1ccccc1C)C(=O)O.[H-].[Li+]. The zero-order valence-electron chi connectivity index (χ0n) is 24.0. The molecule has 0 radical (unpaired) electrons. The van der Waals surface area contributed by atoms with Crippen LogP contribution in [0.25, 0.3) is 23.3 Å². The van der Waals surface area contributed by atoms with Crippen molar-refractivity contribution in [3.63, 3.8) is 0 Å². The van der Waals surface area contributed by atoms with E-state index in [-0.39, 0.29) is 20.3 Å². The first-order valence-corrected chi connectivity index (χ1v) is 14.1. The molecule has 0 spiro atoms. The second-order valence-electron chi connectivity index (χ2n) is 9.05. The molecule has 0 aliphatic rings. The van der Waals surface area contributed by atoms with Gasteiger partial charge in [0.05, 0.1) is 0 Å². The zero-order valence-corrected chi connectivity index (χ0v) is 23.8. The van der Waals surface area contributed by atoms with Gasteiger partial charge in [0.1, 0.15) is 17.5 Å². The van der Waals surface area contributed by atoms with Gasteiger partial charge in [-0.3, -0.25) is 4.79 Å². The average Bonchev–Trinajstić information content (AvgIpc) is 2.95. The van der Waals surface area contributed by atoms with E-state index in [1.165, 1.54) is 0 Å². The molecule has 0 aromatic heterocycles. The summed E-state index contributed by atoms with van der Waals surface area (Å²) < 4.78 is 6.09. The molecule has 0 saturated heterocycles. The van der Waals surface area contributed by atoms with Gasteiger partial charge in [0, 0.05) is 11.1 Å². The Bertz CT molecular complexity index is 1480. The molecule has 0 aliphatic carbocycles. The fraction of sp³-hybridized carbons (Fsp3) is 0.152. The number of para-hydroxylation sites is 2. The third-order valence-corrected chi connectivity index (χ3v) is 6.93. The molecule has 200 valence electrons. The number of carbonyl (C=O) groups excluding carboxylic acids is 1. The topological polar surface area (TPSA) is 75.6 Å². The Labute approximate surface area is 253 Å². The summed E-state index contributed by atoms with van der Waals surface area (Å²) in [5, 5.41) is 12.3. The van der Waals surface area contributed by atoms with Gasteiger partial charge < -0.3 is 16.6 Å². The molecule has 40 heavy (non-hydrogen) atoms. The van der Waals surface area contributed by atoms with Crippen molar-refractivity contribution in [1.29, 1.82) is 0 Å². The number of rotatable bonds is 11. The Morgan fingerprint density at radius 2 is 1.62 bits per heavy atom. The van der Waals surface area contributed by atoms with Crippen LogP contribution in [0.2, 0.25) is 0 Å². The van der Waals surface area contributed by atoms with Gasteiger partial charge in [-0.05, 0) is 77.9 Å². The van der Waals surface area contributed by atoms with Crippen molar-refractivity contribution in [2.75, 3.05) is 12.0 Å². The van der Waals surface area contributed by atoms with E-state index in [1.54, 1.807) is 17.8 Å². The van der Waals surface area contributed by atoms with Gasteiger partial charge in [0.15, 0.2) is 0 Å². The molecular formula is C33H32LiNO4S. The van der Waals surface area contributed by atoms with Gasteiger partial charge in [-0.1, -0.05) is 78.9 Å². The fourth-order valence-corrected chi connectivity index (χ4v) is 4.67. The van der Waals surface area contributed by atoms with Crippen LogP contribution in [0.15, 0.2) is 97.1 Å². The monoisotopic (exact) mass is 545 g/mol. The minimum absolute atomic E-state index is 0. The molecule has 4 aromatic carbocycles. The molecule has 5 nitrogen and oxygen atoms in total. The fourth-order valence-electron chi connectivity index (χ4n) is 4.20. The smallest absolute Gasteiger partial charge is 1.00 e. The van der Waals surface area contributed by atoms with Gasteiger partial charge in [0.2, 0.25) is 0 Å². The Hall–Kier alpha value is -3.69. The van der Waals surface area contributed by atoms with E-state index < -0.39 is 17.9 Å². The Kier molecular flexibility index (Phi) is 11.7. The number of thioether (sulfide) groups is 1. The van der Waals surface area contributed by atoms with E-state index in [9.17, 15) is 14.7 Å². The number of carboxylic acid groups (broad SMARTS) is 1. The van der Waals surface area contributed by atoms with E-state index in [4.69, 9.17) is 4.74 Å². The van der Waals surface area contributed by atoms with Crippen molar-refractivity contribution in [3.05, 3.63) is 119 Å². The van der Waals surface area contributed by atoms with Crippen LogP contribution in [-0.2, 0) is 4.79 Å². The minimum atomic E-state index is -1.04. The Balaban J connectivity index is 0.00000294. The minimum Gasteiger partial charge on any atom is -1.00 e. The maximum atomic E-state index is 13.3. The molecule has 4 aromatic rings. The maximum absolute atomic E-state index is 13.3. The number of carboxylic acids is 1. The van der Waals surface area contributed by atoms with Crippen LogP contribution in [0, 0.1) is 6.92 Å². The van der Waals surface area contributed by atoms with Crippen LogP contribution >= 0.6 is 11.8 Å². The number of aliphatic carboxylic acids is 1. The number of benzene rings is 4. The normalized spacial score (nSPS) is 11.4. The van der Waals surface area contributed by atoms with Crippen molar-refractivity contribution in [3.8, 4) is 22.6 Å². The number of hydrogen-bond donors (Lipinski definition) is 2. The molecule has 1 atom stereocenters. The molecular weight excluding hydrogens is 513 g/mol. The summed E-state index contributed by atoms with van der Waals surface area (Å²) in [6, 6.07) is 29.9. The summed E-state index contributed by atoms with van der Waals surface area (Å²) in [7, 11) is 0. The van der Waals surface area contributed by atoms with Crippen molar-refractivity contribution >= 4 is 35.8 Å². The summed E-state index contributed by atoms with van der Waals surface area (Å²) in [5.74, 6) is 0.693. The predicted octanol–water partition coefficient (Wildman–Crippen LogP) is 4.68. The van der Waals surface area contributed by atoms with Crippen molar-refractivity contribution in [2.24, 2.45) is 0 Å². The summed E-state index contributed by atoms with van der Waals surface area (Å²) >= 11 is 1.55. The quantitative estimate of drug-likeness (QED) is 0.212. The number of ether oxygens (including phenoxy) is 1. The van der Waals surface area contributed by atoms with E-state index in [0.717, 1.165) is 39.3 Å². The van der Waals surface area contributed by atoms with Gasteiger partial charge in [0.25, 0.3) is 5.91 Å². The number of nitrogens with one attached hydrogen (secondary N) is 1. The summed E-state index contributed by atoms with van der Waals surface area (Å²) in [4.78, 5) is 25.1. The number of aryl methyl sites for hydroxylation is 1. The number of amides is 1. The van der Waals surface area contributed by atoms with Crippen molar-refractivity contribution < 1.29 is 39.7 Å².